The normalized spacial score (nSPS) is 13.6. The van der Waals surface area contributed by atoms with Crippen molar-refractivity contribution < 1.29 is 9.34 Å². The minimum Gasteiger partial charge on any atom is -0.419 e. The second-order valence-electron chi connectivity index (χ2n) is 8.18. The SMILES string of the molecule is CC(C)c1ccc([C@H](N[C@H](C)c2nnc(-c3ccc([N+](=O)[O-])cc3)o2)C(C)C)cc1. The molecule has 0 spiro atoms. The van der Waals surface area contributed by atoms with Gasteiger partial charge in [-0.05, 0) is 42.0 Å². The summed E-state index contributed by atoms with van der Waals surface area (Å²) in [7, 11) is 0. The number of nitro benzene ring substituents is 1. The van der Waals surface area contributed by atoms with Crippen molar-refractivity contribution >= 4 is 5.69 Å². The number of rotatable bonds is 8. The van der Waals surface area contributed by atoms with Crippen LogP contribution in [0.5, 0.6) is 0 Å². The molecule has 0 aliphatic carbocycles. The summed E-state index contributed by atoms with van der Waals surface area (Å²) >= 11 is 0. The number of nitrogens with one attached hydrogen (secondary N) is 1. The third-order valence-electron chi connectivity index (χ3n) is 5.19. The number of nitro groups is 1. The molecule has 7 nitrogen and oxygen atoms in total. The number of non-ortho nitro benzene ring substituents is 1. The Hall–Kier alpha value is -3.06. The first-order valence-corrected chi connectivity index (χ1v) is 10.2. The van der Waals surface area contributed by atoms with E-state index in [0.29, 0.717) is 29.2 Å². The van der Waals surface area contributed by atoms with E-state index in [1.165, 1.54) is 23.3 Å². The molecule has 0 bridgehead atoms. The van der Waals surface area contributed by atoms with Gasteiger partial charge in [-0.15, -0.1) is 10.2 Å². The van der Waals surface area contributed by atoms with Crippen LogP contribution in [-0.2, 0) is 0 Å². The average Bonchev–Trinajstić information content (AvgIpc) is 3.22. The highest BCUT2D eigenvalue weighted by Crippen LogP contribution is 2.28. The Labute approximate surface area is 176 Å². The molecule has 0 aliphatic heterocycles. The third kappa shape index (κ3) is 4.91. The van der Waals surface area contributed by atoms with Crippen molar-refractivity contribution in [3.05, 3.63) is 75.7 Å². The Bertz CT molecular complexity index is 978. The van der Waals surface area contributed by atoms with Crippen molar-refractivity contribution in [2.75, 3.05) is 0 Å². The van der Waals surface area contributed by atoms with Crippen molar-refractivity contribution in [1.29, 1.82) is 0 Å². The van der Waals surface area contributed by atoms with E-state index in [0.717, 1.165) is 0 Å². The van der Waals surface area contributed by atoms with Crippen molar-refractivity contribution in [3.8, 4) is 11.5 Å². The average molecular weight is 409 g/mol. The Morgan fingerprint density at radius 2 is 1.50 bits per heavy atom. The lowest BCUT2D eigenvalue weighted by atomic mass is 9.93. The summed E-state index contributed by atoms with van der Waals surface area (Å²) in [6, 6.07) is 14.8. The van der Waals surface area contributed by atoms with Crippen LogP contribution in [0, 0.1) is 16.0 Å². The molecule has 0 aliphatic rings. The topological polar surface area (TPSA) is 94.1 Å². The van der Waals surface area contributed by atoms with E-state index < -0.39 is 4.92 Å². The van der Waals surface area contributed by atoms with Crippen LogP contribution in [0.25, 0.3) is 11.5 Å². The fourth-order valence-corrected chi connectivity index (χ4v) is 3.35. The summed E-state index contributed by atoms with van der Waals surface area (Å²) in [6.45, 7) is 10.7. The Morgan fingerprint density at radius 1 is 0.900 bits per heavy atom. The monoisotopic (exact) mass is 408 g/mol. The largest absolute Gasteiger partial charge is 0.419 e. The van der Waals surface area contributed by atoms with E-state index in [1.807, 2.05) is 6.92 Å². The zero-order chi connectivity index (χ0) is 21.8. The second kappa shape index (κ2) is 9.17. The van der Waals surface area contributed by atoms with Crippen LogP contribution in [0.1, 0.15) is 69.6 Å². The predicted molar refractivity (Wildman–Crippen MR) is 116 cm³/mol. The number of hydrogen-bond donors (Lipinski definition) is 1. The molecule has 0 unspecified atom stereocenters. The minimum atomic E-state index is -0.436. The fraction of sp³-hybridized carbons (Fsp3) is 0.391. The molecule has 7 heteroatoms. The van der Waals surface area contributed by atoms with Gasteiger partial charge in [0.1, 0.15) is 0 Å². The summed E-state index contributed by atoms with van der Waals surface area (Å²) in [6.07, 6.45) is 0. The van der Waals surface area contributed by atoms with Crippen LogP contribution in [0.2, 0.25) is 0 Å². The van der Waals surface area contributed by atoms with Crippen LogP contribution in [0.15, 0.2) is 52.9 Å². The van der Waals surface area contributed by atoms with E-state index >= 15 is 0 Å². The Balaban J connectivity index is 1.75. The van der Waals surface area contributed by atoms with Gasteiger partial charge < -0.3 is 4.42 Å². The van der Waals surface area contributed by atoms with Gasteiger partial charge in [0.25, 0.3) is 5.69 Å². The van der Waals surface area contributed by atoms with Gasteiger partial charge in [0.2, 0.25) is 11.8 Å². The fourth-order valence-electron chi connectivity index (χ4n) is 3.35. The number of hydrogen-bond acceptors (Lipinski definition) is 6. The van der Waals surface area contributed by atoms with Crippen molar-refractivity contribution in [3.63, 3.8) is 0 Å². The quantitative estimate of drug-likeness (QED) is 0.373. The molecule has 3 aromatic rings. The molecule has 158 valence electrons. The molecule has 1 aromatic heterocycles. The van der Waals surface area contributed by atoms with Crippen LogP contribution in [-0.4, -0.2) is 15.1 Å². The highest BCUT2D eigenvalue weighted by Gasteiger charge is 2.22. The van der Waals surface area contributed by atoms with E-state index in [2.05, 4.69) is 67.5 Å². The smallest absolute Gasteiger partial charge is 0.269 e. The summed E-state index contributed by atoms with van der Waals surface area (Å²) in [5.74, 6) is 1.69. The Kier molecular flexibility index (Phi) is 6.62. The molecule has 0 saturated heterocycles. The van der Waals surface area contributed by atoms with Gasteiger partial charge in [-0.2, -0.15) is 0 Å². The van der Waals surface area contributed by atoms with Crippen molar-refractivity contribution in [1.82, 2.24) is 15.5 Å². The molecule has 2 atom stereocenters. The summed E-state index contributed by atoms with van der Waals surface area (Å²) in [5.41, 5.74) is 3.21. The number of aromatic nitrogens is 2. The maximum atomic E-state index is 10.8. The van der Waals surface area contributed by atoms with Crippen LogP contribution < -0.4 is 5.32 Å². The zero-order valence-corrected chi connectivity index (χ0v) is 18.0. The lowest BCUT2D eigenvalue weighted by molar-refractivity contribution is -0.384. The maximum absolute atomic E-state index is 10.8. The maximum Gasteiger partial charge on any atom is 0.269 e. The molecular formula is C23H28N4O3. The molecule has 0 amide bonds. The highest BCUT2D eigenvalue weighted by molar-refractivity contribution is 5.55. The molecule has 0 radical (unpaired) electrons. The first-order chi connectivity index (χ1) is 14.3. The summed E-state index contributed by atoms with van der Waals surface area (Å²) in [4.78, 5) is 10.4. The molecular weight excluding hydrogens is 380 g/mol. The Morgan fingerprint density at radius 3 is 2.03 bits per heavy atom. The van der Waals surface area contributed by atoms with Crippen LogP contribution in [0.3, 0.4) is 0 Å². The lowest BCUT2D eigenvalue weighted by Gasteiger charge is -2.26. The van der Waals surface area contributed by atoms with Crippen LogP contribution in [0.4, 0.5) is 5.69 Å². The molecule has 1 N–H and O–H groups in total. The summed E-state index contributed by atoms with van der Waals surface area (Å²) in [5, 5.41) is 22.7. The number of nitrogens with zero attached hydrogens (tertiary/aromatic N) is 3. The van der Waals surface area contributed by atoms with Gasteiger partial charge in [0, 0.05) is 23.7 Å². The molecule has 1 heterocycles. The van der Waals surface area contributed by atoms with Gasteiger partial charge in [-0.3, -0.25) is 15.4 Å². The second-order valence-corrected chi connectivity index (χ2v) is 8.18. The van der Waals surface area contributed by atoms with E-state index in [1.54, 1.807) is 12.1 Å². The molecule has 30 heavy (non-hydrogen) atoms. The molecule has 3 rings (SSSR count). The van der Waals surface area contributed by atoms with Gasteiger partial charge in [-0.1, -0.05) is 52.0 Å². The third-order valence-corrected chi connectivity index (χ3v) is 5.19. The van der Waals surface area contributed by atoms with Crippen molar-refractivity contribution in [2.24, 2.45) is 5.92 Å². The predicted octanol–water partition coefficient (Wildman–Crippen LogP) is 5.82. The van der Waals surface area contributed by atoms with Crippen molar-refractivity contribution in [2.45, 2.75) is 52.6 Å². The van der Waals surface area contributed by atoms with E-state index in [4.69, 9.17) is 4.42 Å². The van der Waals surface area contributed by atoms with Gasteiger partial charge in [-0.25, -0.2) is 0 Å². The van der Waals surface area contributed by atoms with E-state index in [-0.39, 0.29) is 17.8 Å². The lowest BCUT2D eigenvalue weighted by Crippen LogP contribution is -2.28. The number of benzene rings is 2. The van der Waals surface area contributed by atoms with Gasteiger partial charge >= 0.3 is 0 Å². The first-order valence-electron chi connectivity index (χ1n) is 10.2. The van der Waals surface area contributed by atoms with Gasteiger partial charge in [0.15, 0.2) is 0 Å². The van der Waals surface area contributed by atoms with E-state index in [9.17, 15) is 10.1 Å². The van der Waals surface area contributed by atoms with Crippen LogP contribution >= 0.6 is 0 Å². The standard InChI is InChI=1S/C23H28N4O3/c1-14(2)17-6-8-18(9-7-17)21(15(3)4)24-16(5)22-25-26-23(30-22)19-10-12-20(13-11-19)27(28)29/h6-16,21,24H,1-5H3/t16-,21-/m1/s1. The highest BCUT2D eigenvalue weighted by atomic mass is 16.6. The molecule has 0 saturated carbocycles. The zero-order valence-electron chi connectivity index (χ0n) is 18.0. The molecule has 0 fully saturated rings. The van der Waals surface area contributed by atoms with Gasteiger partial charge in [0.05, 0.1) is 11.0 Å². The first kappa shape index (κ1) is 21.6. The minimum absolute atomic E-state index is 0.0248. The molecule has 2 aromatic carbocycles. The summed E-state index contributed by atoms with van der Waals surface area (Å²) < 4.78 is 5.84.